The van der Waals surface area contributed by atoms with Gasteiger partial charge in [0.05, 0.1) is 17.6 Å². The van der Waals surface area contributed by atoms with Crippen LogP contribution in [0.1, 0.15) is 36.0 Å². The molecule has 3 aromatic rings. The second-order valence-electron chi connectivity index (χ2n) is 9.93. The predicted octanol–water partition coefficient (Wildman–Crippen LogP) is 5.13. The Kier molecular flexibility index (Phi) is 8.08. The van der Waals surface area contributed by atoms with Crippen LogP contribution in [0, 0.1) is 0 Å². The van der Waals surface area contributed by atoms with Crippen LogP contribution in [-0.4, -0.2) is 61.0 Å². The lowest BCUT2D eigenvalue weighted by Gasteiger charge is -2.41. The monoisotopic (exact) mass is 490 g/mol. The number of halogens is 1. The largest absolute Gasteiger partial charge is 0.385 e. The van der Waals surface area contributed by atoms with E-state index in [1.165, 1.54) is 0 Å². The van der Waals surface area contributed by atoms with Crippen molar-refractivity contribution < 1.29 is 9.90 Å². The first-order valence-electron chi connectivity index (χ1n) is 12.3. The molecule has 0 aromatic heterocycles. The van der Waals surface area contributed by atoms with Crippen molar-refractivity contribution in [3.05, 3.63) is 107 Å². The molecule has 1 saturated heterocycles. The van der Waals surface area contributed by atoms with Crippen molar-refractivity contribution in [3.8, 4) is 0 Å². The number of aliphatic hydroxyl groups is 1. The van der Waals surface area contributed by atoms with Crippen molar-refractivity contribution in [3.63, 3.8) is 0 Å². The summed E-state index contributed by atoms with van der Waals surface area (Å²) in [6.07, 6.45) is 2.00. The second kappa shape index (κ2) is 11.0. The molecule has 0 aliphatic carbocycles. The van der Waals surface area contributed by atoms with Crippen molar-refractivity contribution in [1.82, 2.24) is 9.80 Å². The molecule has 184 valence electrons. The first-order chi connectivity index (χ1) is 16.8. The van der Waals surface area contributed by atoms with Crippen LogP contribution in [-0.2, 0) is 15.8 Å². The number of piperidine rings is 1. The maximum atomic E-state index is 14.0. The zero-order valence-corrected chi connectivity index (χ0v) is 21.4. The summed E-state index contributed by atoms with van der Waals surface area (Å²) in [4.78, 5) is 18.3. The minimum Gasteiger partial charge on any atom is -0.385 e. The molecule has 0 bridgehead atoms. The number of nitrogens with zero attached hydrogens (tertiary/aromatic N) is 2. The lowest BCUT2D eigenvalue weighted by Crippen LogP contribution is -2.47. The summed E-state index contributed by atoms with van der Waals surface area (Å²) in [5.41, 5.74) is 1.43. The van der Waals surface area contributed by atoms with Crippen LogP contribution >= 0.6 is 11.6 Å². The summed E-state index contributed by atoms with van der Waals surface area (Å²) < 4.78 is 0. The van der Waals surface area contributed by atoms with Gasteiger partial charge >= 0.3 is 0 Å². The van der Waals surface area contributed by atoms with Crippen LogP contribution in [0.5, 0.6) is 0 Å². The van der Waals surface area contributed by atoms with Crippen LogP contribution in [0.3, 0.4) is 0 Å². The highest BCUT2D eigenvalue weighted by Crippen LogP contribution is 2.39. The fourth-order valence-corrected chi connectivity index (χ4v) is 5.43. The molecule has 1 heterocycles. The van der Waals surface area contributed by atoms with Crippen molar-refractivity contribution in [1.29, 1.82) is 0 Å². The van der Waals surface area contributed by atoms with Crippen LogP contribution in [0.2, 0.25) is 5.02 Å². The molecular formula is C30H35ClN2O2. The minimum atomic E-state index is -0.836. The standard InChI is InChI=1S/C30H35ClN2O2/c1-32(2)23-28(34)30(25-9-5-3-6-10-25,26-11-7-4-8-12-26)19-22-33-20-17-29(35,18-21-33)24-13-15-27(31)16-14-24/h3-16,35H,17-23H2,1-2H3. The number of hydrogen-bond donors (Lipinski definition) is 1. The van der Waals surface area contributed by atoms with Crippen LogP contribution < -0.4 is 0 Å². The molecule has 1 aliphatic heterocycles. The van der Waals surface area contributed by atoms with Crippen molar-refractivity contribution in [2.24, 2.45) is 0 Å². The summed E-state index contributed by atoms with van der Waals surface area (Å²) in [6, 6.07) is 27.9. The molecule has 1 aliphatic rings. The lowest BCUT2D eigenvalue weighted by molar-refractivity contribution is -0.124. The van der Waals surface area contributed by atoms with Gasteiger partial charge < -0.3 is 14.9 Å². The minimum absolute atomic E-state index is 0.203. The van der Waals surface area contributed by atoms with Gasteiger partial charge in [0.2, 0.25) is 0 Å². The fraction of sp³-hybridized carbons (Fsp3) is 0.367. The first-order valence-corrected chi connectivity index (χ1v) is 12.7. The number of carbonyl (C=O) groups is 1. The summed E-state index contributed by atoms with van der Waals surface area (Å²) >= 11 is 6.04. The number of carbonyl (C=O) groups excluding carboxylic acids is 1. The maximum absolute atomic E-state index is 14.0. The Hall–Kier alpha value is -2.50. The molecule has 1 fully saturated rings. The predicted molar refractivity (Wildman–Crippen MR) is 143 cm³/mol. The van der Waals surface area contributed by atoms with Crippen molar-refractivity contribution >= 4 is 17.4 Å². The van der Waals surface area contributed by atoms with Crippen molar-refractivity contribution in [2.45, 2.75) is 30.3 Å². The van der Waals surface area contributed by atoms with Gasteiger partial charge in [0.15, 0.2) is 5.78 Å². The van der Waals surface area contributed by atoms with Gasteiger partial charge in [-0.3, -0.25) is 4.79 Å². The molecule has 3 aromatic carbocycles. The summed E-state index contributed by atoms with van der Waals surface area (Å²) in [5.74, 6) is 0.203. The van der Waals surface area contributed by atoms with E-state index in [0.717, 1.165) is 36.3 Å². The average Bonchev–Trinajstić information content (AvgIpc) is 2.87. The molecule has 1 N–H and O–H groups in total. The molecular weight excluding hydrogens is 456 g/mol. The van der Waals surface area contributed by atoms with E-state index >= 15 is 0 Å². The van der Waals surface area contributed by atoms with E-state index in [1.54, 1.807) is 0 Å². The Labute approximate surface area is 214 Å². The van der Waals surface area contributed by atoms with Gasteiger partial charge in [-0.1, -0.05) is 84.4 Å². The summed E-state index contributed by atoms with van der Waals surface area (Å²) in [5, 5.41) is 12.0. The van der Waals surface area contributed by atoms with Gasteiger partial charge in [-0.05, 0) is 68.7 Å². The van der Waals surface area contributed by atoms with Crippen LogP contribution in [0.4, 0.5) is 0 Å². The number of hydrogen-bond acceptors (Lipinski definition) is 4. The quantitative estimate of drug-likeness (QED) is 0.451. The van der Waals surface area contributed by atoms with Crippen LogP contribution in [0.25, 0.3) is 0 Å². The Morgan fingerprint density at radius 3 is 1.91 bits per heavy atom. The van der Waals surface area contributed by atoms with E-state index in [2.05, 4.69) is 29.2 Å². The van der Waals surface area contributed by atoms with E-state index in [1.807, 2.05) is 79.7 Å². The molecule has 0 saturated carbocycles. The third-order valence-corrected chi connectivity index (χ3v) is 7.59. The lowest BCUT2D eigenvalue weighted by atomic mass is 9.68. The number of likely N-dealkylation sites (N-methyl/N-ethyl adjacent to an activating group) is 1. The third kappa shape index (κ3) is 5.68. The maximum Gasteiger partial charge on any atom is 0.161 e. The van der Waals surface area contributed by atoms with Gasteiger partial charge in [0.1, 0.15) is 0 Å². The van der Waals surface area contributed by atoms with E-state index in [4.69, 9.17) is 11.6 Å². The number of benzene rings is 3. The molecule has 0 spiro atoms. The number of ketones is 1. The van der Waals surface area contributed by atoms with Gasteiger partial charge in [-0.2, -0.15) is 0 Å². The Bertz CT molecular complexity index is 1050. The first kappa shape index (κ1) is 25.6. The van der Waals surface area contributed by atoms with Gasteiger partial charge in [-0.15, -0.1) is 0 Å². The van der Waals surface area contributed by atoms with E-state index in [0.29, 0.717) is 30.8 Å². The van der Waals surface area contributed by atoms with Crippen LogP contribution in [0.15, 0.2) is 84.9 Å². The summed E-state index contributed by atoms with van der Waals surface area (Å²) in [6.45, 7) is 2.71. The highest BCUT2D eigenvalue weighted by atomic mass is 35.5. The van der Waals surface area contributed by atoms with E-state index in [9.17, 15) is 9.90 Å². The third-order valence-electron chi connectivity index (χ3n) is 7.34. The highest BCUT2D eigenvalue weighted by molar-refractivity contribution is 6.30. The normalized spacial score (nSPS) is 16.4. The molecule has 0 atom stereocenters. The topological polar surface area (TPSA) is 43.8 Å². The number of likely N-dealkylation sites (tertiary alicyclic amines) is 1. The SMILES string of the molecule is CN(C)CC(=O)C(CCN1CCC(O)(c2ccc(Cl)cc2)CC1)(c1ccccc1)c1ccccc1. The molecule has 0 amide bonds. The van der Waals surface area contributed by atoms with E-state index in [-0.39, 0.29) is 5.78 Å². The molecule has 0 unspecified atom stereocenters. The van der Waals surface area contributed by atoms with Gasteiger partial charge in [0, 0.05) is 18.1 Å². The summed E-state index contributed by atoms with van der Waals surface area (Å²) in [7, 11) is 3.89. The smallest absolute Gasteiger partial charge is 0.161 e. The van der Waals surface area contributed by atoms with Gasteiger partial charge in [-0.25, -0.2) is 0 Å². The van der Waals surface area contributed by atoms with Crippen molar-refractivity contribution in [2.75, 3.05) is 40.3 Å². The number of Topliss-reactive ketones (excluding diaryl/α,β-unsaturated/α-hetero) is 1. The molecule has 0 radical (unpaired) electrons. The average molecular weight is 491 g/mol. The zero-order valence-electron chi connectivity index (χ0n) is 20.7. The molecule has 35 heavy (non-hydrogen) atoms. The molecule has 4 nitrogen and oxygen atoms in total. The second-order valence-corrected chi connectivity index (χ2v) is 10.4. The highest BCUT2D eigenvalue weighted by Gasteiger charge is 2.42. The van der Waals surface area contributed by atoms with E-state index < -0.39 is 11.0 Å². The Balaban J connectivity index is 1.57. The van der Waals surface area contributed by atoms with Gasteiger partial charge in [0.25, 0.3) is 0 Å². The Morgan fingerprint density at radius 1 is 0.914 bits per heavy atom. The molecule has 4 rings (SSSR count). The fourth-order valence-electron chi connectivity index (χ4n) is 5.31. The zero-order chi connectivity index (χ0) is 24.9. The molecule has 5 heteroatoms. The Morgan fingerprint density at radius 2 is 1.43 bits per heavy atom. The number of rotatable bonds is 9.